The Kier molecular flexibility index (Phi) is 13.1. The third kappa shape index (κ3) is 10.3. The molecule has 0 atom stereocenters. The summed E-state index contributed by atoms with van der Waals surface area (Å²) in [5, 5.41) is 21.1. The van der Waals surface area contributed by atoms with E-state index < -0.39 is 0 Å². The van der Waals surface area contributed by atoms with Gasteiger partial charge in [-0.25, -0.2) is 0 Å². The summed E-state index contributed by atoms with van der Waals surface area (Å²) in [6.07, 6.45) is 4.43. The van der Waals surface area contributed by atoms with E-state index in [0.29, 0.717) is 11.5 Å². The van der Waals surface area contributed by atoms with Gasteiger partial charge in [0.1, 0.15) is 11.5 Å². The first kappa shape index (κ1) is 36.0. The summed E-state index contributed by atoms with van der Waals surface area (Å²) in [7, 11) is 0. The Morgan fingerprint density at radius 1 is 0.474 bits per heavy atom. The molecule has 4 nitrogen and oxygen atoms in total. The maximum Gasteiger partial charge on any atom is 0.123 e. The molecule has 0 amide bonds. The molecule has 2 rings (SSSR count). The molecule has 218 valence electrons. The lowest BCUT2D eigenvalue weighted by Gasteiger charge is -2.28. The molecule has 0 radical (unpaired) electrons. The zero-order valence-corrected chi connectivity index (χ0v) is 27.2. The average molecular weight is 529 g/mol. The Bertz CT molecular complexity index is 857. The van der Waals surface area contributed by atoms with Gasteiger partial charge in [0.05, 0.1) is 0 Å². The predicted octanol–water partition coefficient (Wildman–Crippen LogP) is 8.70. The van der Waals surface area contributed by atoms with Gasteiger partial charge in [0.15, 0.2) is 0 Å². The van der Waals surface area contributed by atoms with Crippen molar-refractivity contribution in [3.8, 4) is 11.5 Å². The minimum atomic E-state index is -0.0200. The molecule has 38 heavy (non-hydrogen) atoms. The molecule has 0 saturated heterocycles. The number of hydrogen-bond donors (Lipinski definition) is 4. The second-order valence-electron chi connectivity index (χ2n) is 14.6. The highest BCUT2D eigenvalue weighted by molar-refractivity contribution is 5.51. The van der Waals surface area contributed by atoms with Crippen LogP contribution in [0.4, 0.5) is 0 Å². The molecule has 2 aromatic rings. The molecule has 0 bridgehead atoms. The SMILES string of the molecule is CCCc1cc(C(C)(C)C)c(O)c(C(C)(C)C)c1.CCCc1cc(C(C)(C)C)c(O)c(C(C)(C)C)c1.NN. The fourth-order valence-electron chi connectivity index (χ4n) is 4.54. The van der Waals surface area contributed by atoms with Crippen molar-refractivity contribution in [1.82, 2.24) is 0 Å². The van der Waals surface area contributed by atoms with Crippen LogP contribution in [0.3, 0.4) is 0 Å². The van der Waals surface area contributed by atoms with Crippen LogP contribution in [0.15, 0.2) is 24.3 Å². The van der Waals surface area contributed by atoms with Crippen molar-refractivity contribution < 1.29 is 10.2 Å². The number of aromatic hydroxyl groups is 2. The zero-order chi connectivity index (χ0) is 30.3. The van der Waals surface area contributed by atoms with Crippen LogP contribution in [-0.4, -0.2) is 10.2 Å². The standard InChI is InChI=1S/2C17H28O.H4N2/c2*1-8-9-12-10-13(16(2,3)4)15(18)14(11-12)17(5,6)7;1-2/h2*10-11,18H,8-9H2,1-7H3;1-2H2. The summed E-state index contributed by atoms with van der Waals surface area (Å²) in [5.41, 5.74) is 6.87. The van der Waals surface area contributed by atoms with E-state index in [1.807, 2.05) is 0 Å². The monoisotopic (exact) mass is 528 g/mol. The molecule has 2 aromatic carbocycles. The summed E-state index contributed by atoms with van der Waals surface area (Å²) in [6, 6.07) is 8.70. The lowest BCUT2D eigenvalue weighted by Crippen LogP contribution is -2.17. The molecule has 0 aliphatic carbocycles. The molecule has 0 aromatic heterocycles. The normalized spacial score (nSPS) is 12.3. The molecule has 6 N–H and O–H groups in total. The summed E-state index contributed by atoms with van der Waals surface area (Å²) in [6.45, 7) is 30.3. The quantitative estimate of drug-likeness (QED) is 0.236. The Morgan fingerprint density at radius 2 is 0.658 bits per heavy atom. The molecule has 0 heterocycles. The van der Waals surface area contributed by atoms with Crippen LogP contribution in [0.5, 0.6) is 11.5 Å². The minimum Gasteiger partial charge on any atom is -0.507 e. The second kappa shape index (κ2) is 13.8. The molecule has 0 saturated carbocycles. The second-order valence-corrected chi connectivity index (χ2v) is 14.6. The first-order valence-electron chi connectivity index (χ1n) is 14.2. The lowest BCUT2D eigenvalue weighted by molar-refractivity contribution is 0.421. The van der Waals surface area contributed by atoms with E-state index in [9.17, 15) is 10.2 Å². The van der Waals surface area contributed by atoms with Gasteiger partial charge in [0.25, 0.3) is 0 Å². The van der Waals surface area contributed by atoms with Gasteiger partial charge >= 0.3 is 0 Å². The topological polar surface area (TPSA) is 92.5 Å². The van der Waals surface area contributed by atoms with Crippen LogP contribution in [0.1, 0.15) is 143 Å². The number of phenolic OH excluding ortho intramolecular Hbond substituents is 2. The Hall–Kier alpha value is -2.04. The maximum atomic E-state index is 10.6. The highest BCUT2D eigenvalue weighted by Gasteiger charge is 2.27. The number of rotatable bonds is 4. The van der Waals surface area contributed by atoms with Gasteiger partial charge in [-0.15, -0.1) is 0 Å². The first-order valence-corrected chi connectivity index (χ1v) is 14.2. The molecular weight excluding hydrogens is 468 g/mol. The van der Waals surface area contributed by atoms with Gasteiger partial charge in [-0.1, -0.05) is 134 Å². The number of hydrazine groups is 1. The highest BCUT2D eigenvalue weighted by atomic mass is 16.3. The molecular formula is C34H60N2O2. The van der Waals surface area contributed by atoms with Gasteiger partial charge in [0, 0.05) is 0 Å². The number of phenols is 2. The Balaban J connectivity index is 0.000000676. The fourth-order valence-corrected chi connectivity index (χ4v) is 4.54. The van der Waals surface area contributed by atoms with E-state index in [4.69, 9.17) is 0 Å². The van der Waals surface area contributed by atoms with E-state index in [1.165, 1.54) is 11.1 Å². The van der Waals surface area contributed by atoms with Crippen LogP contribution < -0.4 is 11.7 Å². The highest BCUT2D eigenvalue weighted by Crippen LogP contribution is 2.41. The number of benzene rings is 2. The molecule has 0 spiro atoms. The van der Waals surface area contributed by atoms with Gasteiger partial charge in [-0.2, -0.15) is 0 Å². The van der Waals surface area contributed by atoms with Crippen molar-refractivity contribution in [1.29, 1.82) is 0 Å². The smallest absolute Gasteiger partial charge is 0.123 e. The number of hydrogen-bond acceptors (Lipinski definition) is 4. The third-order valence-corrected chi connectivity index (χ3v) is 6.65. The van der Waals surface area contributed by atoms with Crippen LogP contribution >= 0.6 is 0 Å². The summed E-state index contributed by atoms with van der Waals surface area (Å²) < 4.78 is 0. The van der Waals surface area contributed by atoms with Crippen LogP contribution in [0.2, 0.25) is 0 Å². The van der Waals surface area contributed by atoms with E-state index in [1.54, 1.807) is 0 Å². The molecule has 4 heteroatoms. The lowest BCUT2D eigenvalue weighted by atomic mass is 9.78. The molecule has 0 fully saturated rings. The van der Waals surface area contributed by atoms with Crippen molar-refractivity contribution in [3.05, 3.63) is 57.6 Å². The Morgan fingerprint density at radius 3 is 0.789 bits per heavy atom. The molecule has 0 aliphatic rings. The van der Waals surface area contributed by atoms with Crippen molar-refractivity contribution in [2.45, 2.75) is 144 Å². The summed E-state index contributed by atoms with van der Waals surface area (Å²) in [4.78, 5) is 0. The van der Waals surface area contributed by atoms with Gasteiger partial charge in [-0.3, -0.25) is 11.7 Å². The zero-order valence-electron chi connectivity index (χ0n) is 27.2. The number of aryl methyl sites for hydroxylation is 2. The van der Waals surface area contributed by atoms with Crippen LogP contribution in [0.25, 0.3) is 0 Å². The van der Waals surface area contributed by atoms with E-state index in [2.05, 4.69) is 133 Å². The van der Waals surface area contributed by atoms with Crippen LogP contribution in [-0.2, 0) is 34.5 Å². The van der Waals surface area contributed by atoms with Gasteiger partial charge < -0.3 is 10.2 Å². The largest absolute Gasteiger partial charge is 0.507 e. The molecule has 0 aliphatic heterocycles. The van der Waals surface area contributed by atoms with Crippen molar-refractivity contribution in [3.63, 3.8) is 0 Å². The predicted molar refractivity (Wildman–Crippen MR) is 167 cm³/mol. The van der Waals surface area contributed by atoms with E-state index >= 15 is 0 Å². The van der Waals surface area contributed by atoms with Crippen molar-refractivity contribution in [2.24, 2.45) is 11.7 Å². The maximum absolute atomic E-state index is 10.6. The number of nitrogens with two attached hydrogens (primary N) is 2. The molecule has 0 unspecified atom stereocenters. The minimum absolute atomic E-state index is 0.0200. The van der Waals surface area contributed by atoms with Crippen LogP contribution in [0, 0.1) is 0 Å². The summed E-state index contributed by atoms with van der Waals surface area (Å²) >= 11 is 0. The summed E-state index contributed by atoms with van der Waals surface area (Å²) in [5.74, 6) is 8.96. The van der Waals surface area contributed by atoms with Gasteiger partial charge in [0.2, 0.25) is 0 Å². The fraction of sp³-hybridized carbons (Fsp3) is 0.647. The van der Waals surface area contributed by atoms with Crippen molar-refractivity contribution >= 4 is 0 Å². The first-order chi connectivity index (χ1) is 17.1. The average Bonchev–Trinajstić information content (AvgIpc) is 2.75. The van der Waals surface area contributed by atoms with Crippen molar-refractivity contribution in [2.75, 3.05) is 0 Å². The van der Waals surface area contributed by atoms with E-state index in [-0.39, 0.29) is 21.7 Å². The third-order valence-electron chi connectivity index (χ3n) is 6.65. The van der Waals surface area contributed by atoms with Gasteiger partial charge in [-0.05, 0) is 67.9 Å². The van der Waals surface area contributed by atoms with E-state index in [0.717, 1.165) is 47.9 Å². The Labute approximate surface area is 235 Å².